The van der Waals surface area contributed by atoms with Crippen molar-refractivity contribution in [1.29, 1.82) is 0 Å². The highest BCUT2D eigenvalue weighted by Gasteiger charge is 2.45. The van der Waals surface area contributed by atoms with Gasteiger partial charge in [0.25, 0.3) is 5.91 Å². The Morgan fingerprint density at radius 1 is 1.32 bits per heavy atom. The molecule has 2 saturated heterocycles. The predicted octanol–water partition coefficient (Wildman–Crippen LogP) is 3.48. The van der Waals surface area contributed by atoms with Crippen LogP contribution < -0.4 is 9.64 Å². The molecule has 0 unspecified atom stereocenters. The van der Waals surface area contributed by atoms with Crippen LogP contribution in [0.2, 0.25) is 5.02 Å². The molecule has 0 spiro atoms. The summed E-state index contributed by atoms with van der Waals surface area (Å²) < 4.78 is 26.8. The standard InChI is InChI=1S/C27H30ClFN4O5/c1-5-19(35)31-9-10-32-15(12-31)14-38-24-21(26(32)36)25(33-13-16(37-4)11-27(33,2)3)30-23(22(24)28)20-17(29)7-6-8-18(20)34/h5-8,15-16,34H,1,9-14H2,2-4H3/t15-,16-/m1/s1. The number of aromatic nitrogens is 1. The first-order valence-corrected chi connectivity index (χ1v) is 12.8. The number of nitrogens with zero attached hydrogens (tertiary/aromatic N) is 4. The van der Waals surface area contributed by atoms with E-state index in [4.69, 9.17) is 26.1 Å². The van der Waals surface area contributed by atoms with Crippen molar-refractivity contribution in [1.82, 2.24) is 14.8 Å². The maximum absolute atomic E-state index is 15.0. The van der Waals surface area contributed by atoms with E-state index in [1.54, 1.807) is 16.9 Å². The number of phenolic OH excluding ortho intramolecular Hbond substituents is 1. The summed E-state index contributed by atoms with van der Waals surface area (Å²) in [7, 11) is 1.63. The predicted molar refractivity (Wildman–Crippen MR) is 140 cm³/mol. The van der Waals surface area contributed by atoms with E-state index in [1.807, 2.05) is 18.7 Å². The van der Waals surface area contributed by atoms with E-state index >= 15 is 4.39 Å². The Bertz CT molecular complexity index is 1300. The highest BCUT2D eigenvalue weighted by atomic mass is 35.5. The third-order valence-electron chi connectivity index (χ3n) is 7.60. The third-order valence-corrected chi connectivity index (χ3v) is 7.95. The summed E-state index contributed by atoms with van der Waals surface area (Å²) in [6.07, 6.45) is 1.80. The number of anilines is 1. The van der Waals surface area contributed by atoms with Gasteiger partial charge < -0.3 is 29.3 Å². The number of pyridine rings is 1. The molecule has 2 aromatic rings. The second-order valence-electron chi connectivity index (χ2n) is 10.4. The summed E-state index contributed by atoms with van der Waals surface area (Å²) in [4.78, 5) is 36.4. The number of phenols is 1. The van der Waals surface area contributed by atoms with Gasteiger partial charge in [0.2, 0.25) is 5.91 Å². The second-order valence-corrected chi connectivity index (χ2v) is 10.8. The first-order valence-electron chi connectivity index (χ1n) is 12.4. The number of halogens is 2. The van der Waals surface area contributed by atoms with Gasteiger partial charge >= 0.3 is 0 Å². The first-order chi connectivity index (χ1) is 18.1. The summed E-state index contributed by atoms with van der Waals surface area (Å²) in [5.74, 6) is -1.25. The molecule has 2 fully saturated rings. The van der Waals surface area contributed by atoms with Gasteiger partial charge in [-0.05, 0) is 38.5 Å². The number of fused-ring (bicyclic) bond motifs is 2. The molecule has 38 heavy (non-hydrogen) atoms. The number of methoxy groups -OCH3 is 1. The quantitative estimate of drug-likeness (QED) is 0.589. The highest BCUT2D eigenvalue weighted by molar-refractivity contribution is 6.35. The molecule has 9 nitrogen and oxygen atoms in total. The fourth-order valence-electron chi connectivity index (χ4n) is 5.60. The van der Waals surface area contributed by atoms with Gasteiger partial charge in [0.1, 0.15) is 40.3 Å². The smallest absolute Gasteiger partial charge is 0.261 e. The molecule has 0 radical (unpaired) electrons. The Hall–Kier alpha value is -3.37. The minimum atomic E-state index is -0.711. The van der Waals surface area contributed by atoms with Crippen LogP contribution in [0.5, 0.6) is 11.5 Å². The van der Waals surface area contributed by atoms with Crippen molar-refractivity contribution < 1.29 is 28.6 Å². The lowest BCUT2D eigenvalue weighted by molar-refractivity contribution is -0.128. The molecule has 1 aromatic heterocycles. The number of aromatic hydroxyl groups is 1. The Kier molecular flexibility index (Phi) is 6.73. The molecule has 11 heteroatoms. The van der Waals surface area contributed by atoms with E-state index in [0.717, 1.165) is 0 Å². The number of ether oxygens (including phenoxy) is 2. The van der Waals surface area contributed by atoms with Gasteiger partial charge in [0.15, 0.2) is 5.75 Å². The van der Waals surface area contributed by atoms with Gasteiger partial charge in [-0.25, -0.2) is 9.37 Å². The first kappa shape index (κ1) is 26.2. The van der Waals surface area contributed by atoms with E-state index in [-0.39, 0.29) is 70.2 Å². The molecule has 4 heterocycles. The summed E-state index contributed by atoms with van der Waals surface area (Å²) in [5, 5.41) is 10.5. The number of hydrogen-bond acceptors (Lipinski definition) is 7. The van der Waals surface area contributed by atoms with Gasteiger partial charge in [0.05, 0.1) is 17.7 Å². The summed E-state index contributed by atoms with van der Waals surface area (Å²) >= 11 is 6.79. The Labute approximate surface area is 225 Å². The fourth-order valence-corrected chi connectivity index (χ4v) is 5.88. The zero-order valence-corrected chi connectivity index (χ0v) is 22.3. The average molecular weight is 545 g/mol. The van der Waals surface area contributed by atoms with E-state index in [0.29, 0.717) is 26.1 Å². The fraction of sp³-hybridized carbons (Fsp3) is 0.444. The Balaban J connectivity index is 1.70. The Morgan fingerprint density at radius 3 is 2.74 bits per heavy atom. The van der Waals surface area contributed by atoms with Crippen LogP contribution in [0.15, 0.2) is 30.9 Å². The van der Waals surface area contributed by atoms with E-state index in [1.165, 1.54) is 24.3 Å². The SMILES string of the molecule is C=CC(=O)N1CCN2C(=O)c3c(N4C[C@H](OC)CC4(C)C)nc(-c4c(O)cccc4F)c(Cl)c3OC[C@H]2C1. The molecule has 2 amide bonds. The van der Waals surface area contributed by atoms with Crippen LogP contribution in [-0.2, 0) is 9.53 Å². The van der Waals surface area contributed by atoms with Crippen LogP contribution in [0, 0.1) is 5.82 Å². The van der Waals surface area contributed by atoms with E-state index in [2.05, 4.69) is 6.58 Å². The zero-order valence-electron chi connectivity index (χ0n) is 21.5. The minimum absolute atomic E-state index is 0.0242. The van der Waals surface area contributed by atoms with Crippen molar-refractivity contribution in [2.24, 2.45) is 0 Å². The number of piperazine rings is 1. The van der Waals surface area contributed by atoms with Gasteiger partial charge in [-0.15, -0.1) is 0 Å². The highest BCUT2D eigenvalue weighted by Crippen LogP contribution is 2.48. The monoisotopic (exact) mass is 544 g/mol. The zero-order chi connectivity index (χ0) is 27.4. The molecule has 2 atom stereocenters. The topological polar surface area (TPSA) is 95.4 Å². The molecule has 3 aliphatic rings. The van der Waals surface area contributed by atoms with Gasteiger partial charge in [-0.2, -0.15) is 0 Å². The lowest BCUT2D eigenvalue weighted by atomic mass is 9.99. The molecule has 1 N–H and O–H groups in total. The molecule has 3 aliphatic heterocycles. The van der Waals surface area contributed by atoms with Crippen molar-refractivity contribution >= 4 is 29.2 Å². The molecule has 202 valence electrons. The molecule has 0 aliphatic carbocycles. The number of hydrogen-bond donors (Lipinski definition) is 1. The van der Waals surface area contributed by atoms with Gasteiger partial charge in [-0.1, -0.05) is 24.2 Å². The van der Waals surface area contributed by atoms with Crippen molar-refractivity contribution in [3.05, 3.63) is 47.3 Å². The van der Waals surface area contributed by atoms with E-state index < -0.39 is 17.4 Å². The minimum Gasteiger partial charge on any atom is -0.507 e. The number of benzene rings is 1. The van der Waals surface area contributed by atoms with Crippen LogP contribution in [0.3, 0.4) is 0 Å². The van der Waals surface area contributed by atoms with Crippen LogP contribution >= 0.6 is 11.6 Å². The van der Waals surface area contributed by atoms with Crippen LogP contribution in [0.4, 0.5) is 10.2 Å². The third kappa shape index (κ3) is 4.25. The molecular weight excluding hydrogens is 515 g/mol. The molecular formula is C27H30ClFN4O5. The van der Waals surface area contributed by atoms with Crippen LogP contribution in [0.25, 0.3) is 11.3 Å². The van der Waals surface area contributed by atoms with Crippen LogP contribution in [-0.4, -0.2) is 89.3 Å². The lowest BCUT2D eigenvalue weighted by Gasteiger charge is -2.40. The number of carbonyl (C=O) groups excluding carboxylic acids is 2. The molecule has 0 bridgehead atoms. The number of amides is 2. The largest absolute Gasteiger partial charge is 0.507 e. The lowest BCUT2D eigenvalue weighted by Crippen LogP contribution is -2.57. The van der Waals surface area contributed by atoms with Gasteiger partial charge in [0, 0.05) is 38.8 Å². The number of rotatable bonds is 4. The van der Waals surface area contributed by atoms with Crippen molar-refractivity contribution in [2.45, 2.75) is 38.0 Å². The van der Waals surface area contributed by atoms with Gasteiger partial charge in [-0.3, -0.25) is 9.59 Å². The van der Waals surface area contributed by atoms with Crippen molar-refractivity contribution in [3.8, 4) is 22.8 Å². The maximum Gasteiger partial charge on any atom is 0.261 e. The summed E-state index contributed by atoms with van der Waals surface area (Å²) in [5.41, 5.74) is -0.498. The average Bonchev–Trinajstić information content (AvgIpc) is 3.12. The Morgan fingerprint density at radius 2 is 2.08 bits per heavy atom. The number of carbonyl (C=O) groups is 2. The summed E-state index contributed by atoms with van der Waals surface area (Å²) in [6, 6.07) is 3.50. The second kappa shape index (κ2) is 9.74. The van der Waals surface area contributed by atoms with Crippen molar-refractivity contribution in [2.75, 3.05) is 44.8 Å². The normalized spacial score (nSPS) is 22.4. The molecule has 5 rings (SSSR count). The molecule has 1 aromatic carbocycles. The van der Waals surface area contributed by atoms with E-state index in [9.17, 15) is 14.7 Å². The van der Waals surface area contributed by atoms with Crippen LogP contribution in [0.1, 0.15) is 30.6 Å². The summed E-state index contributed by atoms with van der Waals surface area (Å²) in [6.45, 7) is 9.00. The van der Waals surface area contributed by atoms with Crippen molar-refractivity contribution in [3.63, 3.8) is 0 Å². The molecule has 0 saturated carbocycles. The maximum atomic E-state index is 15.0.